The van der Waals surface area contributed by atoms with Gasteiger partial charge in [-0.25, -0.2) is 4.79 Å². The lowest BCUT2D eigenvalue weighted by Crippen LogP contribution is -2.46. The number of methoxy groups -OCH3 is 1. The van der Waals surface area contributed by atoms with E-state index < -0.39 is 59.3 Å². The highest BCUT2D eigenvalue weighted by atomic mass is 19.4. The molecular weight excluding hydrogens is 488 g/mol. The highest BCUT2D eigenvalue weighted by Crippen LogP contribution is 2.36. The molecule has 0 spiro atoms. The summed E-state index contributed by atoms with van der Waals surface area (Å²) in [5.74, 6) is -2.52. The van der Waals surface area contributed by atoms with Crippen LogP contribution in [-0.4, -0.2) is 25.0 Å². The number of amides is 1. The van der Waals surface area contributed by atoms with Gasteiger partial charge in [-0.2, -0.15) is 26.3 Å². The van der Waals surface area contributed by atoms with Crippen molar-refractivity contribution in [2.45, 2.75) is 30.7 Å². The number of carbonyl (C=O) groups is 2. The van der Waals surface area contributed by atoms with E-state index in [1.165, 1.54) is 0 Å². The van der Waals surface area contributed by atoms with Gasteiger partial charge in [-0.15, -0.1) is 0 Å². The third kappa shape index (κ3) is 6.65. The normalized spacial score (nSPS) is 12.8. The Hall–Kier alpha value is -3.82. The van der Waals surface area contributed by atoms with Crippen molar-refractivity contribution in [2.75, 3.05) is 7.11 Å². The largest absolute Gasteiger partial charge is 0.467 e. The molecule has 0 saturated heterocycles. The lowest BCUT2D eigenvalue weighted by atomic mass is 9.84. The first-order valence-corrected chi connectivity index (χ1v) is 10.7. The van der Waals surface area contributed by atoms with E-state index >= 15 is 0 Å². The number of ether oxygens (including phenoxy) is 1. The molecule has 0 saturated carbocycles. The van der Waals surface area contributed by atoms with Crippen LogP contribution in [-0.2, 0) is 33.1 Å². The third-order valence-electron chi connectivity index (χ3n) is 5.43. The zero-order valence-corrected chi connectivity index (χ0v) is 18.9. The predicted octanol–water partition coefficient (Wildman–Crippen LogP) is 5.76. The van der Waals surface area contributed by atoms with Crippen LogP contribution in [0.5, 0.6) is 0 Å². The summed E-state index contributed by atoms with van der Waals surface area (Å²) in [5, 5.41) is 2.45. The molecule has 0 heterocycles. The monoisotopic (exact) mass is 509 g/mol. The van der Waals surface area contributed by atoms with Gasteiger partial charge in [0.15, 0.2) is 0 Å². The van der Waals surface area contributed by atoms with Gasteiger partial charge in [-0.3, -0.25) is 4.79 Å². The lowest BCUT2D eigenvalue weighted by Gasteiger charge is -2.27. The molecule has 0 fully saturated rings. The van der Waals surface area contributed by atoms with E-state index in [-0.39, 0.29) is 6.07 Å². The van der Waals surface area contributed by atoms with Crippen LogP contribution in [0.15, 0.2) is 78.9 Å². The van der Waals surface area contributed by atoms with Crippen LogP contribution in [0.2, 0.25) is 0 Å². The maximum Gasteiger partial charge on any atom is 0.416 e. The Kier molecular flexibility index (Phi) is 8.07. The fraction of sp³-hybridized carbons (Fsp3) is 0.231. The molecule has 0 aliphatic heterocycles. The van der Waals surface area contributed by atoms with E-state index in [0.29, 0.717) is 23.3 Å². The molecule has 3 aromatic carbocycles. The summed E-state index contributed by atoms with van der Waals surface area (Å²) >= 11 is 0. The highest BCUT2D eigenvalue weighted by Gasteiger charge is 2.37. The molecule has 10 heteroatoms. The zero-order valence-electron chi connectivity index (χ0n) is 18.9. The SMILES string of the molecule is COC(=O)[C@@H](NC(=O)Cc1cc(C(F)(F)F)cc(C(F)(F)F)c1)C(c1ccccc1)c1ccccc1. The zero-order chi connectivity index (χ0) is 26.5. The maximum atomic E-state index is 13.2. The summed E-state index contributed by atoms with van der Waals surface area (Å²) in [6, 6.07) is 16.9. The van der Waals surface area contributed by atoms with Gasteiger partial charge in [0, 0.05) is 5.92 Å². The second-order valence-corrected chi connectivity index (χ2v) is 7.96. The molecule has 0 bridgehead atoms. The van der Waals surface area contributed by atoms with Crippen LogP contribution in [0.3, 0.4) is 0 Å². The average Bonchev–Trinajstić information content (AvgIpc) is 2.83. The first-order chi connectivity index (χ1) is 16.9. The second-order valence-electron chi connectivity index (χ2n) is 7.96. The summed E-state index contributed by atoms with van der Waals surface area (Å²) in [5.41, 5.74) is -2.29. The van der Waals surface area contributed by atoms with Crippen LogP contribution in [0.25, 0.3) is 0 Å². The Morgan fingerprint density at radius 2 is 1.22 bits per heavy atom. The fourth-order valence-corrected chi connectivity index (χ4v) is 3.83. The van der Waals surface area contributed by atoms with Gasteiger partial charge in [-0.1, -0.05) is 60.7 Å². The van der Waals surface area contributed by atoms with Crippen molar-refractivity contribution in [3.63, 3.8) is 0 Å². The van der Waals surface area contributed by atoms with Gasteiger partial charge in [0.05, 0.1) is 24.7 Å². The van der Waals surface area contributed by atoms with Crippen molar-refractivity contribution in [1.82, 2.24) is 5.32 Å². The van der Waals surface area contributed by atoms with Crippen LogP contribution in [0.1, 0.15) is 33.7 Å². The number of nitrogens with one attached hydrogen (secondary N) is 1. The molecule has 4 nitrogen and oxygen atoms in total. The summed E-state index contributed by atoms with van der Waals surface area (Å²) in [4.78, 5) is 25.6. The van der Waals surface area contributed by atoms with E-state index in [1.807, 2.05) is 0 Å². The molecule has 36 heavy (non-hydrogen) atoms. The highest BCUT2D eigenvalue weighted by molar-refractivity contribution is 5.87. The topological polar surface area (TPSA) is 55.4 Å². The Bertz CT molecular complexity index is 1120. The van der Waals surface area contributed by atoms with E-state index in [9.17, 15) is 35.9 Å². The van der Waals surface area contributed by atoms with Gasteiger partial charge < -0.3 is 10.1 Å². The Morgan fingerprint density at radius 1 is 0.778 bits per heavy atom. The van der Waals surface area contributed by atoms with Crippen molar-refractivity contribution in [2.24, 2.45) is 0 Å². The van der Waals surface area contributed by atoms with Gasteiger partial charge >= 0.3 is 18.3 Å². The Morgan fingerprint density at radius 3 is 1.61 bits per heavy atom. The Balaban J connectivity index is 1.97. The second kappa shape index (κ2) is 10.8. The molecular formula is C26H21F6NO3. The molecule has 3 rings (SSSR count). The first-order valence-electron chi connectivity index (χ1n) is 10.7. The fourth-order valence-electron chi connectivity index (χ4n) is 3.83. The minimum absolute atomic E-state index is 0.0144. The third-order valence-corrected chi connectivity index (χ3v) is 5.43. The van der Waals surface area contributed by atoms with Crippen molar-refractivity contribution >= 4 is 11.9 Å². The average molecular weight is 509 g/mol. The molecule has 3 aromatic rings. The first kappa shape index (κ1) is 26.8. The standard InChI is InChI=1S/C26H21F6NO3/c1-36-24(35)23(22(17-8-4-2-5-9-17)18-10-6-3-7-11-18)33-21(34)14-16-12-19(25(27,28)29)15-20(13-16)26(30,31)32/h2-13,15,22-23H,14H2,1H3,(H,33,34)/t23-/m0/s1. The molecule has 0 radical (unpaired) electrons. The minimum Gasteiger partial charge on any atom is -0.467 e. The number of hydrogen-bond acceptors (Lipinski definition) is 3. The summed E-state index contributed by atoms with van der Waals surface area (Å²) in [6.45, 7) is 0. The number of esters is 1. The van der Waals surface area contributed by atoms with E-state index in [0.717, 1.165) is 7.11 Å². The number of halogens is 6. The van der Waals surface area contributed by atoms with Gasteiger partial charge in [0.25, 0.3) is 0 Å². The summed E-state index contributed by atoms with van der Waals surface area (Å²) < 4.78 is 84.0. The number of alkyl halides is 6. The predicted molar refractivity (Wildman–Crippen MR) is 119 cm³/mol. The van der Waals surface area contributed by atoms with E-state index in [1.54, 1.807) is 60.7 Å². The molecule has 1 amide bonds. The van der Waals surface area contributed by atoms with Crippen LogP contribution < -0.4 is 5.32 Å². The summed E-state index contributed by atoms with van der Waals surface area (Å²) in [6.07, 6.45) is -10.9. The molecule has 0 unspecified atom stereocenters. The number of benzene rings is 3. The van der Waals surface area contributed by atoms with Crippen molar-refractivity contribution in [3.05, 3.63) is 107 Å². The minimum atomic E-state index is -5.05. The van der Waals surface area contributed by atoms with E-state index in [4.69, 9.17) is 4.74 Å². The molecule has 1 atom stereocenters. The van der Waals surface area contributed by atoms with Gasteiger partial charge in [0.2, 0.25) is 5.91 Å². The molecule has 0 aromatic heterocycles. The molecule has 1 N–H and O–H groups in total. The maximum absolute atomic E-state index is 13.2. The van der Waals surface area contributed by atoms with Crippen molar-refractivity contribution in [1.29, 1.82) is 0 Å². The van der Waals surface area contributed by atoms with Crippen molar-refractivity contribution < 1.29 is 40.7 Å². The Labute approximate surface area is 202 Å². The van der Waals surface area contributed by atoms with Crippen LogP contribution in [0, 0.1) is 0 Å². The summed E-state index contributed by atoms with van der Waals surface area (Å²) in [7, 11) is 1.11. The molecule has 0 aliphatic carbocycles. The smallest absolute Gasteiger partial charge is 0.416 e. The van der Waals surface area contributed by atoms with Crippen molar-refractivity contribution in [3.8, 4) is 0 Å². The number of rotatable bonds is 7. The van der Waals surface area contributed by atoms with Gasteiger partial charge in [0.1, 0.15) is 6.04 Å². The molecule has 190 valence electrons. The van der Waals surface area contributed by atoms with Crippen LogP contribution in [0.4, 0.5) is 26.3 Å². The number of hydrogen-bond donors (Lipinski definition) is 1. The van der Waals surface area contributed by atoms with Gasteiger partial charge in [-0.05, 0) is 34.9 Å². The lowest BCUT2D eigenvalue weighted by molar-refractivity contribution is -0.145. The van der Waals surface area contributed by atoms with E-state index in [2.05, 4.69) is 5.32 Å². The van der Waals surface area contributed by atoms with Crippen LogP contribution >= 0.6 is 0 Å². The molecule has 0 aliphatic rings. The number of carbonyl (C=O) groups excluding carboxylic acids is 2. The quantitative estimate of drug-likeness (QED) is 0.326.